The van der Waals surface area contributed by atoms with Gasteiger partial charge < -0.3 is 20.1 Å². The first-order valence-electron chi connectivity index (χ1n) is 8.97. The number of amides is 2. The number of β-amino-alcohol motifs (C(OH)–C–C–N with tert-alkyl or cyclic N) is 1. The van der Waals surface area contributed by atoms with Gasteiger partial charge in [-0.1, -0.05) is 25.1 Å². The number of likely N-dealkylation sites (N-methyl/N-ethyl adjacent to an activating group) is 1. The van der Waals surface area contributed by atoms with Crippen molar-refractivity contribution in [3.05, 3.63) is 18.2 Å². The Hall–Kier alpha value is -2.68. The Kier molecular flexibility index (Phi) is 5.31. The van der Waals surface area contributed by atoms with Crippen LogP contribution in [0.15, 0.2) is 18.2 Å². The lowest BCUT2D eigenvalue weighted by atomic mass is 10.0. The monoisotopic (exact) mass is 375 g/mol. The third-order valence-electron chi connectivity index (χ3n) is 4.94. The third kappa shape index (κ3) is 3.34. The van der Waals surface area contributed by atoms with Gasteiger partial charge in [-0.05, 0) is 18.1 Å². The molecule has 146 valence electrons. The number of nitrogens with zero attached hydrogens (tertiary/aromatic N) is 4. The van der Waals surface area contributed by atoms with E-state index in [9.17, 15) is 14.7 Å². The summed E-state index contributed by atoms with van der Waals surface area (Å²) in [6.07, 6.45) is -0.501. The van der Waals surface area contributed by atoms with Gasteiger partial charge in [-0.25, -0.2) is 4.68 Å². The van der Waals surface area contributed by atoms with Gasteiger partial charge in [0.05, 0.1) is 18.7 Å². The third-order valence-corrected chi connectivity index (χ3v) is 4.94. The fourth-order valence-electron chi connectivity index (χ4n) is 3.62. The second-order valence-electron chi connectivity index (χ2n) is 7.06. The molecule has 3 rings (SSSR count). The van der Waals surface area contributed by atoms with Crippen LogP contribution in [0.5, 0.6) is 5.75 Å². The summed E-state index contributed by atoms with van der Waals surface area (Å²) in [5.41, 5.74) is 1.25. The van der Waals surface area contributed by atoms with Gasteiger partial charge >= 0.3 is 0 Å². The lowest BCUT2D eigenvalue weighted by Crippen LogP contribution is -2.48. The molecular formula is C18H25N5O4. The molecular weight excluding hydrogens is 350 g/mol. The van der Waals surface area contributed by atoms with Gasteiger partial charge in [0.1, 0.15) is 17.8 Å². The Labute approximate surface area is 157 Å². The molecule has 2 heterocycles. The molecule has 1 aliphatic rings. The van der Waals surface area contributed by atoms with Crippen molar-refractivity contribution in [3.63, 3.8) is 0 Å². The number of methoxy groups -OCH3 is 1. The predicted molar refractivity (Wildman–Crippen MR) is 98.1 cm³/mol. The van der Waals surface area contributed by atoms with Crippen LogP contribution in [-0.4, -0.2) is 69.7 Å². The number of ether oxygens (including phenoxy) is 1. The zero-order valence-corrected chi connectivity index (χ0v) is 15.9. The quantitative estimate of drug-likeness (QED) is 0.780. The van der Waals surface area contributed by atoms with Crippen LogP contribution in [-0.2, 0) is 9.59 Å². The lowest BCUT2D eigenvalue weighted by molar-refractivity contribution is -0.142. The van der Waals surface area contributed by atoms with E-state index in [-0.39, 0.29) is 30.7 Å². The molecule has 2 aromatic rings. The van der Waals surface area contributed by atoms with E-state index in [1.54, 1.807) is 17.9 Å². The van der Waals surface area contributed by atoms with Gasteiger partial charge in [0, 0.05) is 20.0 Å². The Balaban J connectivity index is 2.01. The minimum Gasteiger partial charge on any atom is -0.494 e. The molecule has 0 aliphatic carbocycles. The number of rotatable bonds is 5. The normalized spacial score (nSPS) is 20.9. The topological polar surface area (TPSA) is 110 Å². The minimum absolute atomic E-state index is 0.100. The highest BCUT2D eigenvalue weighted by Crippen LogP contribution is 2.30. The lowest BCUT2D eigenvalue weighted by Gasteiger charge is -2.29. The molecule has 1 aromatic heterocycles. The van der Waals surface area contributed by atoms with E-state index >= 15 is 0 Å². The number of aromatic nitrogens is 3. The number of carbonyl (C=O) groups is 2. The molecule has 0 bridgehead atoms. The summed E-state index contributed by atoms with van der Waals surface area (Å²) in [4.78, 5) is 27.0. The van der Waals surface area contributed by atoms with Crippen molar-refractivity contribution in [3.8, 4) is 5.75 Å². The standard InChI is InChI=1S/C18H25N5O4/c1-10(2)16(18(26)22-9-11(24)8-13(22)17(25)19-3)23-12-6-5-7-14(27-4)15(12)20-21-23/h5-7,10-11,13,16,24H,8-9H2,1-4H3,(H,19,25)/t11-,13+,16-/m1/s1. The van der Waals surface area contributed by atoms with Crippen LogP contribution < -0.4 is 10.1 Å². The predicted octanol–water partition coefficient (Wildman–Crippen LogP) is 0.345. The zero-order chi connectivity index (χ0) is 19.7. The molecule has 1 fully saturated rings. The summed E-state index contributed by atoms with van der Waals surface area (Å²) in [6.45, 7) is 3.95. The fourth-order valence-corrected chi connectivity index (χ4v) is 3.62. The number of aliphatic hydroxyl groups excluding tert-OH is 1. The van der Waals surface area contributed by atoms with E-state index in [4.69, 9.17) is 4.74 Å². The van der Waals surface area contributed by atoms with E-state index in [2.05, 4.69) is 15.6 Å². The smallest absolute Gasteiger partial charge is 0.248 e. The molecule has 9 nitrogen and oxygen atoms in total. The second-order valence-corrected chi connectivity index (χ2v) is 7.06. The SMILES string of the molecule is CNC(=O)[C@@H]1C[C@@H](O)CN1C(=O)[C@@H](C(C)C)n1nnc2c(OC)cccc21. The first-order chi connectivity index (χ1) is 12.9. The van der Waals surface area contributed by atoms with Gasteiger partial charge in [0.15, 0.2) is 5.52 Å². The average Bonchev–Trinajstić information content (AvgIpc) is 3.24. The van der Waals surface area contributed by atoms with Crippen LogP contribution in [0.25, 0.3) is 11.0 Å². The fraction of sp³-hybridized carbons (Fsp3) is 0.556. The van der Waals surface area contributed by atoms with Crippen LogP contribution in [0.3, 0.4) is 0 Å². The molecule has 1 aliphatic heterocycles. The number of hydrogen-bond donors (Lipinski definition) is 2. The Morgan fingerprint density at radius 1 is 1.37 bits per heavy atom. The van der Waals surface area contributed by atoms with Crippen molar-refractivity contribution < 1.29 is 19.4 Å². The van der Waals surface area contributed by atoms with Gasteiger partial charge in [0.2, 0.25) is 11.8 Å². The number of nitrogens with one attached hydrogen (secondary N) is 1. The Bertz CT molecular complexity index is 849. The highest BCUT2D eigenvalue weighted by Gasteiger charge is 2.42. The summed E-state index contributed by atoms with van der Waals surface area (Å²) in [5, 5.41) is 21.0. The molecule has 0 radical (unpaired) electrons. The Morgan fingerprint density at radius 2 is 2.11 bits per heavy atom. The van der Waals surface area contributed by atoms with Crippen molar-refractivity contribution in [2.75, 3.05) is 20.7 Å². The number of hydrogen-bond acceptors (Lipinski definition) is 6. The van der Waals surface area contributed by atoms with Gasteiger partial charge in [0.25, 0.3) is 0 Å². The number of likely N-dealkylation sites (tertiary alicyclic amines) is 1. The van der Waals surface area contributed by atoms with Crippen molar-refractivity contribution in [2.24, 2.45) is 5.92 Å². The van der Waals surface area contributed by atoms with Gasteiger partial charge in [-0.3, -0.25) is 9.59 Å². The number of carbonyl (C=O) groups excluding carboxylic acids is 2. The molecule has 27 heavy (non-hydrogen) atoms. The van der Waals surface area contributed by atoms with Crippen LogP contribution >= 0.6 is 0 Å². The van der Waals surface area contributed by atoms with E-state index in [0.717, 1.165) is 0 Å². The summed E-state index contributed by atoms with van der Waals surface area (Å²) in [7, 11) is 3.07. The molecule has 1 saturated heterocycles. The van der Waals surface area contributed by atoms with Crippen LogP contribution in [0.1, 0.15) is 26.3 Å². The largest absolute Gasteiger partial charge is 0.494 e. The van der Waals surface area contributed by atoms with Crippen molar-refractivity contribution >= 4 is 22.8 Å². The summed E-state index contributed by atoms with van der Waals surface area (Å²) in [5.74, 6) is -0.0671. The molecule has 0 saturated carbocycles. The molecule has 9 heteroatoms. The van der Waals surface area contributed by atoms with Gasteiger partial charge in [-0.15, -0.1) is 5.10 Å². The molecule has 2 amide bonds. The zero-order valence-electron chi connectivity index (χ0n) is 15.9. The summed E-state index contributed by atoms with van der Waals surface area (Å²) < 4.78 is 6.90. The van der Waals surface area contributed by atoms with Crippen LogP contribution in [0, 0.1) is 5.92 Å². The van der Waals surface area contributed by atoms with Crippen LogP contribution in [0.4, 0.5) is 0 Å². The molecule has 0 unspecified atom stereocenters. The first-order valence-corrected chi connectivity index (χ1v) is 8.97. The molecule has 0 spiro atoms. The second kappa shape index (κ2) is 7.51. The van der Waals surface area contributed by atoms with E-state index in [1.807, 2.05) is 26.0 Å². The van der Waals surface area contributed by atoms with E-state index in [0.29, 0.717) is 16.8 Å². The first kappa shape index (κ1) is 19.1. The van der Waals surface area contributed by atoms with Crippen molar-refractivity contribution in [1.29, 1.82) is 0 Å². The minimum atomic E-state index is -0.725. The average molecular weight is 375 g/mol. The maximum Gasteiger partial charge on any atom is 0.248 e. The highest BCUT2D eigenvalue weighted by molar-refractivity contribution is 5.91. The van der Waals surface area contributed by atoms with Crippen molar-refractivity contribution in [1.82, 2.24) is 25.2 Å². The maximum absolute atomic E-state index is 13.4. The molecule has 3 atom stereocenters. The maximum atomic E-state index is 13.4. The number of benzene rings is 1. The number of aliphatic hydroxyl groups is 1. The van der Waals surface area contributed by atoms with Gasteiger partial charge in [-0.2, -0.15) is 0 Å². The number of fused-ring (bicyclic) bond motifs is 1. The highest BCUT2D eigenvalue weighted by atomic mass is 16.5. The molecule has 1 aromatic carbocycles. The van der Waals surface area contributed by atoms with E-state index < -0.39 is 18.2 Å². The summed E-state index contributed by atoms with van der Waals surface area (Å²) >= 11 is 0. The summed E-state index contributed by atoms with van der Waals surface area (Å²) in [6, 6.07) is 4.08. The van der Waals surface area contributed by atoms with E-state index in [1.165, 1.54) is 11.9 Å². The van der Waals surface area contributed by atoms with Crippen LogP contribution in [0.2, 0.25) is 0 Å². The Morgan fingerprint density at radius 3 is 2.74 bits per heavy atom. The molecule has 2 N–H and O–H groups in total. The van der Waals surface area contributed by atoms with Crippen molar-refractivity contribution in [2.45, 2.75) is 38.5 Å².